The van der Waals surface area contributed by atoms with Crippen LogP contribution in [0.5, 0.6) is 5.75 Å². The molecule has 1 aromatic rings. The highest BCUT2D eigenvalue weighted by Gasteiger charge is 2.24. The van der Waals surface area contributed by atoms with Gasteiger partial charge in [-0.1, -0.05) is 25.1 Å². The van der Waals surface area contributed by atoms with Gasteiger partial charge in [0.25, 0.3) is 0 Å². The predicted molar refractivity (Wildman–Crippen MR) is 91.8 cm³/mol. The third-order valence-electron chi connectivity index (χ3n) is 4.26. The van der Waals surface area contributed by atoms with Crippen molar-refractivity contribution in [3.8, 4) is 5.75 Å². The summed E-state index contributed by atoms with van der Waals surface area (Å²) in [6.45, 7) is 4.06. The molecule has 2 atom stereocenters. The number of rotatable bonds is 6. The van der Waals surface area contributed by atoms with Crippen LogP contribution in [0.1, 0.15) is 25.3 Å². The minimum absolute atomic E-state index is 0. The van der Waals surface area contributed by atoms with E-state index < -0.39 is 0 Å². The van der Waals surface area contributed by atoms with Crippen molar-refractivity contribution in [1.29, 1.82) is 0 Å². The second-order valence-electron chi connectivity index (χ2n) is 5.98. The first-order valence-electron chi connectivity index (χ1n) is 7.70. The molecule has 1 aliphatic rings. The van der Waals surface area contributed by atoms with Gasteiger partial charge in [-0.15, -0.1) is 12.4 Å². The van der Waals surface area contributed by atoms with Crippen LogP contribution in [0.4, 0.5) is 0 Å². The van der Waals surface area contributed by atoms with Crippen LogP contribution in [0.15, 0.2) is 24.3 Å². The Morgan fingerprint density at radius 2 is 2.18 bits per heavy atom. The molecule has 1 aromatic carbocycles. The fourth-order valence-corrected chi connectivity index (χ4v) is 2.93. The van der Waals surface area contributed by atoms with Gasteiger partial charge < -0.3 is 15.0 Å². The van der Waals surface area contributed by atoms with Gasteiger partial charge in [-0.25, -0.2) is 0 Å². The highest BCUT2D eigenvalue weighted by Crippen LogP contribution is 2.22. The molecule has 1 heterocycles. The van der Waals surface area contributed by atoms with Crippen molar-refractivity contribution in [1.82, 2.24) is 10.2 Å². The predicted octanol–water partition coefficient (Wildman–Crippen LogP) is 2.51. The maximum absolute atomic E-state index is 12.4. The maximum atomic E-state index is 12.4. The minimum atomic E-state index is 0. The normalized spacial score (nSPS) is 18.4. The smallest absolute Gasteiger partial charge is 0.222 e. The molecular formula is C17H27ClN2O2. The summed E-state index contributed by atoms with van der Waals surface area (Å²) in [5.41, 5.74) is 1.17. The molecule has 1 amide bonds. The molecule has 0 saturated carbocycles. The molecule has 5 heteroatoms. The average molecular weight is 327 g/mol. The molecule has 0 radical (unpaired) electrons. The summed E-state index contributed by atoms with van der Waals surface area (Å²) in [7, 11) is 3.62. The number of likely N-dealkylation sites (N-methyl/N-ethyl adjacent to an activating group) is 1. The van der Waals surface area contributed by atoms with Crippen LogP contribution >= 0.6 is 12.4 Å². The van der Waals surface area contributed by atoms with Gasteiger partial charge in [-0.3, -0.25) is 4.79 Å². The van der Waals surface area contributed by atoms with Crippen molar-refractivity contribution in [2.75, 3.05) is 27.2 Å². The van der Waals surface area contributed by atoms with Crippen LogP contribution in [0.2, 0.25) is 0 Å². The molecule has 0 aliphatic carbocycles. The summed E-state index contributed by atoms with van der Waals surface area (Å²) in [6, 6.07) is 8.39. The second-order valence-corrected chi connectivity index (χ2v) is 5.98. The lowest BCUT2D eigenvalue weighted by atomic mass is 9.96. The molecular weight excluding hydrogens is 300 g/mol. The van der Waals surface area contributed by atoms with Crippen LogP contribution in [0.3, 0.4) is 0 Å². The number of carbonyl (C=O) groups excluding carboxylic acids is 1. The van der Waals surface area contributed by atoms with Gasteiger partial charge in [0.1, 0.15) is 5.75 Å². The molecule has 2 unspecified atom stereocenters. The summed E-state index contributed by atoms with van der Waals surface area (Å²) >= 11 is 0. The third-order valence-corrected chi connectivity index (χ3v) is 4.26. The maximum Gasteiger partial charge on any atom is 0.222 e. The van der Waals surface area contributed by atoms with Crippen LogP contribution < -0.4 is 10.1 Å². The Bertz CT molecular complexity index is 475. The molecule has 124 valence electrons. The van der Waals surface area contributed by atoms with E-state index in [-0.39, 0.29) is 18.3 Å². The highest BCUT2D eigenvalue weighted by molar-refractivity contribution is 5.85. The van der Waals surface area contributed by atoms with E-state index in [0.717, 1.165) is 31.7 Å². The van der Waals surface area contributed by atoms with E-state index in [0.29, 0.717) is 18.4 Å². The first kappa shape index (κ1) is 18.8. The zero-order valence-corrected chi connectivity index (χ0v) is 14.5. The van der Waals surface area contributed by atoms with E-state index >= 15 is 0 Å². The van der Waals surface area contributed by atoms with Gasteiger partial charge in [0.05, 0.1) is 7.11 Å². The average Bonchev–Trinajstić information content (AvgIpc) is 3.01. The Morgan fingerprint density at radius 1 is 1.45 bits per heavy atom. The number of para-hydroxylation sites is 1. The molecule has 1 aliphatic heterocycles. The number of ether oxygens (including phenoxy) is 1. The number of hydrogen-bond acceptors (Lipinski definition) is 3. The molecule has 0 aromatic heterocycles. The summed E-state index contributed by atoms with van der Waals surface area (Å²) in [5, 5.41) is 3.31. The van der Waals surface area contributed by atoms with Gasteiger partial charge in [-0.2, -0.15) is 0 Å². The molecule has 4 nitrogen and oxygen atoms in total. The molecule has 0 spiro atoms. The first-order chi connectivity index (χ1) is 10.1. The number of halogens is 1. The lowest BCUT2D eigenvalue weighted by Gasteiger charge is -2.25. The van der Waals surface area contributed by atoms with Gasteiger partial charge in [-0.05, 0) is 36.9 Å². The second kappa shape index (κ2) is 9.01. The van der Waals surface area contributed by atoms with Crippen molar-refractivity contribution < 1.29 is 9.53 Å². The standard InChI is InChI=1S/C17H26N2O2.ClH/c1-13(10-14-6-4-5-7-16(14)21-3)11-17(20)19(2)15-8-9-18-12-15;/h4-7,13,15,18H,8-12H2,1-3H3;1H. The largest absolute Gasteiger partial charge is 0.496 e. The molecule has 2 rings (SSSR count). The van der Waals surface area contributed by atoms with Crippen LogP contribution in [0.25, 0.3) is 0 Å². The Morgan fingerprint density at radius 3 is 2.82 bits per heavy atom. The quantitative estimate of drug-likeness (QED) is 0.873. The Kier molecular flexibility index (Phi) is 7.69. The molecule has 1 saturated heterocycles. The van der Waals surface area contributed by atoms with E-state index in [1.807, 2.05) is 30.1 Å². The van der Waals surface area contributed by atoms with E-state index in [9.17, 15) is 4.79 Å². The summed E-state index contributed by atoms with van der Waals surface area (Å²) in [6.07, 6.45) is 2.51. The van der Waals surface area contributed by atoms with Crippen molar-refractivity contribution in [3.05, 3.63) is 29.8 Å². The van der Waals surface area contributed by atoms with Crippen LogP contribution in [0, 0.1) is 5.92 Å². The Hall–Kier alpha value is -1.26. The number of benzene rings is 1. The third kappa shape index (κ3) is 4.89. The number of carbonyl (C=O) groups is 1. The fourth-order valence-electron chi connectivity index (χ4n) is 2.93. The van der Waals surface area contributed by atoms with Crippen molar-refractivity contribution in [2.45, 2.75) is 32.2 Å². The van der Waals surface area contributed by atoms with Crippen LogP contribution in [-0.2, 0) is 11.2 Å². The number of methoxy groups -OCH3 is 1. The SMILES string of the molecule is COc1ccccc1CC(C)CC(=O)N(C)C1CCNC1.Cl. The van der Waals surface area contributed by atoms with Gasteiger partial charge in [0, 0.05) is 26.1 Å². The molecule has 1 N–H and O–H groups in total. The number of nitrogens with one attached hydrogen (secondary N) is 1. The topological polar surface area (TPSA) is 41.6 Å². The first-order valence-corrected chi connectivity index (χ1v) is 7.70. The minimum Gasteiger partial charge on any atom is -0.496 e. The van der Waals surface area contributed by atoms with Gasteiger partial charge >= 0.3 is 0 Å². The van der Waals surface area contributed by atoms with Crippen molar-refractivity contribution in [3.63, 3.8) is 0 Å². The Balaban J connectivity index is 0.00000242. The number of hydrogen-bond donors (Lipinski definition) is 1. The van der Waals surface area contributed by atoms with Crippen molar-refractivity contribution in [2.24, 2.45) is 5.92 Å². The summed E-state index contributed by atoms with van der Waals surface area (Å²) in [4.78, 5) is 14.3. The highest BCUT2D eigenvalue weighted by atomic mass is 35.5. The fraction of sp³-hybridized carbons (Fsp3) is 0.588. The van der Waals surface area contributed by atoms with Gasteiger partial charge in [0.15, 0.2) is 0 Å². The lowest BCUT2D eigenvalue weighted by Crippen LogP contribution is -2.39. The number of amides is 1. The molecule has 22 heavy (non-hydrogen) atoms. The molecule has 1 fully saturated rings. The van der Waals surface area contributed by atoms with Crippen LogP contribution in [-0.4, -0.2) is 44.1 Å². The van der Waals surface area contributed by atoms with E-state index in [4.69, 9.17) is 4.74 Å². The molecule has 0 bridgehead atoms. The monoisotopic (exact) mass is 326 g/mol. The zero-order valence-electron chi connectivity index (χ0n) is 13.7. The van der Waals surface area contributed by atoms with E-state index in [1.54, 1.807) is 7.11 Å². The van der Waals surface area contributed by atoms with Gasteiger partial charge in [0.2, 0.25) is 5.91 Å². The van der Waals surface area contributed by atoms with E-state index in [1.165, 1.54) is 5.56 Å². The van der Waals surface area contributed by atoms with Crippen molar-refractivity contribution >= 4 is 18.3 Å². The summed E-state index contributed by atoms with van der Waals surface area (Å²) in [5.74, 6) is 1.46. The zero-order chi connectivity index (χ0) is 15.2. The summed E-state index contributed by atoms with van der Waals surface area (Å²) < 4.78 is 5.38. The lowest BCUT2D eigenvalue weighted by molar-refractivity contribution is -0.132. The Labute approximate surface area is 139 Å². The van der Waals surface area contributed by atoms with E-state index in [2.05, 4.69) is 18.3 Å². The number of nitrogens with zero attached hydrogens (tertiary/aromatic N) is 1.